The lowest BCUT2D eigenvalue weighted by Gasteiger charge is -2.34. The second-order valence-electron chi connectivity index (χ2n) is 9.38. The third-order valence-corrected chi connectivity index (χ3v) is 6.85. The van der Waals surface area contributed by atoms with E-state index in [0.717, 1.165) is 38.5 Å². The van der Waals surface area contributed by atoms with Crippen LogP contribution in [0, 0.1) is 29.1 Å². The van der Waals surface area contributed by atoms with Crippen molar-refractivity contribution in [1.29, 1.82) is 0 Å². The number of halogens is 5. The molecular formula is C25H33F5O6. The second-order valence-corrected chi connectivity index (χ2v) is 9.38. The van der Waals surface area contributed by atoms with Crippen LogP contribution in [0.4, 0.5) is 22.0 Å². The number of rotatable bonds is 2. The van der Waals surface area contributed by atoms with Gasteiger partial charge in [-0.2, -0.15) is 8.78 Å². The van der Waals surface area contributed by atoms with E-state index in [1.165, 1.54) is 0 Å². The van der Waals surface area contributed by atoms with Crippen LogP contribution in [0.25, 0.3) is 0 Å². The highest BCUT2D eigenvalue weighted by Crippen LogP contribution is 2.31. The van der Waals surface area contributed by atoms with Gasteiger partial charge in [0, 0.05) is 0 Å². The van der Waals surface area contributed by atoms with E-state index >= 15 is 0 Å². The summed E-state index contributed by atoms with van der Waals surface area (Å²) in [7, 11) is 0. The molecule has 0 radical (unpaired) electrons. The maximum Gasteiger partial charge on any atom is 0.207 e. The SMILES string of the molecule is Fc1c(F)c(F)c(OC2COC3CCCCC3OCCOCCOC3CCCCC3OC2)c(F)c1F. The normalized spacial score (nSPS) is 31.3. The van der Waals surface area contributed by atoms with Gasteiger partial charge in [0.1, 0.15) is 6.10 Å². The third kappa shape index (κ3) is 6.86. The van der Waals surface area contributed by atoms with Crippen LogP contribution in [0.2, 0.25) is 0 Å². The summed E-state index contributed by atoms with van der Waals surface area (Å²) in [4.78, 5) is 0. The fraction of sp³-hybridized carbons (Fsp3) is 0.760. The Hall–Kier alpha value is -1.53. The van der Waals surface area contributed by atoms with Gasteiger partial charge in [-0.15, -0.1) is 0 Å². The predicted molar refractivity (Wildman–Crippen MR) is 117 cm³/mol. The zero-order valence-electron chi connectivity index (χ0n) is 20.1. The minimum absolute atomic E-state index is 0.182. The lowest BCUT2D eigenvalue weighted by atomic mass is 9.94. The Kier molecular flexibility index (Phi) is 10.2. The quantitative estimate of drug-likeness (QED) is 0.313. The highest BCUT2D eigenvalue weighted by molar-refractivity contribution is 5.30. The molecule has 1 aromatic rings. The van der Waals surface area contributed by atoms with Gasteiger partial charge in [0.25, 0.3) is 0 Å². The number of ether oxygens (including phenoxy) is 6. The zero-order valence-corrected chi connectivity index (χ0v) is 20.1. The van der Waals surface area contributed by atoms with E-state index in [-0.39, 0.29) is 37.6 Å². The molecule has 36 heavy (non-hydrogen) atoms. The highest BCUT2D eigenvalue weighted by atomic mass is 19.2. The first-order chi connectivity index (χ1) is 17.5. The summed E-state index contributed by atoms with van der Waals surface area (Å²) in [6.07, 6.45) is 4.60. The number of hydrogen-bond donors (Lipinski definition) is 0. The lowest BCUT2D eigenvalue weighted by Crippen LogP contribution is -2.42. The first-order valence-corrected chi connectivity index (χ1v) is 12.7. The molecule has 1 heterocycles. The van der Waals surface area contributed by atoms with Crippen LogP contribution >= 0.6 is 0 Å². The van der Waals surface area contributed by atoms with Gasteiger partial charge in [-0.3, -0.25) is 0 Å². The van der Waals surface area contributed by atoms with Gasteiger partial charge in [0.15, 0.2) is 5.75 Å². The van der Waals surface area contributed by atoms with Crippen molar-refractivity contribution in [3.63, 3.8) is 0 Å². The molecule has 2 saturated carbocycles. The third-order valence-electron chi connectivity index (χ3n) is 6.85. The van der Waals surface area contributed by atoms with Crippen molar-refractivity contribution in [1.82, 2.24) is 0 Å². The van der Waals surface area contributed by atoms with E-state index in [0.29, 0.717) is 39.3 Å². The minimum atomic E-state index is -2.24. The molecule has 204 valence electrons. The van der Waals surface area contributed by atoms with Gasteiger partial charge >= 0.3 is 0 Å². The van der Waals surface area contributed by atoms with Gasteiger partial charge in [0.2, 0.25) is 29.1 Å². The zero-order chi connectivity index (χ0) is 25.5. The Morgan fingerprint density at radius 3 is 1.33 bits per heavy atom. The summed E-state index contributed by atoms with van der Waals surface area (Å²) in [5.41, 5.74) is 0. The molecule has 11 heteroatoms. The average Bonchev–Trinajstić information content (AvgIpc) is 2.90. The molecule has 4 atom stereocenters. The number of benzene rings is 1. The largest absolute Gasteiger partial charge is 0.479 e. The molecule has 3 fully saturated rings. The van der Waals surface area contributed by atoms with Crippen molar-refractivity contribution in [2.45, 2.75) is 81.9 Å². The van der Waals surface area contributed by atoms with Crippen molar-refractivity contribution in [3.8, 4) is 5.75 Å². The van der Waals surface area contributed by atoms with Crippen LogP contribution in [0.1, 0.15) is 51.4 Å². The summed E-state index contributed by atoms with van der Waals surface area (Å²) < 4.78 is 105. The maximum atomic E-state index is 14.3. The van der Waals surface area contributed by atoms with E-state index in [2.05, 4.69) is 0 Å². The van der Waals surface area contributed by atoms with Crippen LogP contribution in [-0.4, -0.2) is 70.2 Å². The molecule has 1 aromatic carbocycles. The Morgan fingerprint density at radius 2 is 0.889 bits per heavy atom. The van der Waals surface area contributed by atoms with Crippen molar-refractivity contribution in [2.75, 3.05) is 39.6 Å². The smallest absolute Gasteiger partial charge is 0.207 e. The fourth-order valence-corrected chi connectivity index (χ4v) is 4.94. The van der Waals surface area contributed by atoms with Crippen molar-refractivity contribution in [3.05, 3.63) is 29.1 Å². The summed E-state index contributed by atoms with van der Waals surface area (Å²) in [6, 6.07) is 0. The molecule has 1 saturated heterocycles. The molecule has 6 nitrogen and oxygen atoms in total. The Labute approximate surface area is 207 Å². The molecule has 3 aliphatic rings. The molecule has 0 N–H and O–H groups in total. The van der Waals surface area contributed by atoms with Crippen LogP contribution in [-0.2, 0) is 23.7 Å². The Bertz CT molecular complexity index is 798. The molecule has 4 unspecified atom stereocenters. The minimum Gasteiger partial charge on any atom is -0.479 e. The summed E-state index contributed by atoms with van der Waals surface area (Å²) in [6.45, 7) is 1.21. The van der Waals surface area contributed by atoms with Gasteiger partial charge in [-0.25, -0.2) is 13.2 Å². The van der Waals surface area contributed by atoms with E-state index in [1.54, 1.807) is 0 Å². The fourth-order valence-electron chi connectivity index (χ4n) is 4.94. The molecular weight excluding hydrogens is 491 g/mol. The number of hydrogen-bond acceptors (Lipinski definition) is 6. The molecule has 0 bridgehead atoms. The highest BCUT2D eigenvalue weighted by Gasteiger charge is 2.33. The lowest BCUT2D eigenvalue weighted by molar-refractivity contribution is -0.144. The standard InChI is InChI=1S/C25H33F5O6/c26-20-21(27)23(29)25(24(30)22(20)28)36-15-13-34-18-7-3-1-5-16(18)32-11-9-31-10-12-33-17-6-2-4-8-19(17)35-14-15/h15-19H,1-14H2. The molecule has 0 aromatic heterocycles. The van der Waals surface area contributed by atoms with Gasteiger partial charge in [-0.05, 0) is 25.7 Å². The van der Waals surface area contributed by atoms with Crippen LogP contribution < -0.4 is 4.74 Å². The van der Waals surface area contributed by atoms with Gasteiger partial charge < -0.3 is 28.4 Å². The van der Waals surface area contributed by atoms with Crippen LogP contribution in [0.3, 0.4) is 0 Å². The topological polar surface area (TPSA) is 55.4 Å². The first kappa shape index (κ1) is 27.5. The van der Waals surface area contributed by atoms with E-state index < -0.39 is 40.9 Å². The van der Waals surface area contributed by atoms with Crippen molar-refractivity contribution < 1.29 is 50.4 Å². The van der Waals surface area contributed by atoms with Crippen LogP contribution in [0.5, 0.6) is 5.75 Å². The molecule has 2 aliphatic carbocycles. The number of fused-ring (bicyclic) bond motifs is 2. The van der Waals surface area contributed by atoms with Crippen LogP contribution in [0.15, 0.2) is 0 Å². The van der Waals surface area contributed by atoms with Crippen molar-refractivity contribution >= 4 is 0 Å². The summed E-state index contributed by atoms with van der Waals surface area (Å²) >= 11 is 0. The average molecular weight is 525 g/mol. The van der Waals surface area contributed by atoms with E-state index in [4.69, 9.17) is 28.4 Å². The Balaban J connectivity index is 1.53. The summed E-state index contributed by atoms with van der Waals surface area (Å²) in [5, 5.41) is 0. The van der Waals surface area contributed by atoms with E-state index in [9.17, 15) is 22.0 Å². The molecule has 4 rings (SSSR count). The monoisotopic (exact) mass is 524 g/mol. The van der Waals surface area contributed by atoms with Crippen molar-refractivity contribution in [2.24, 2.45) is 0 Å². The maximum absolute atomic E-state index is 14.3. The van der Waals surface area contributed by atoms with E-state index in [1.807, 2.05) is 0 Å². The van der Waals surface area contributed by atoms with Gasteiger partial charge in [-0.1, -0.05) is 25.7 Å². The first-order valence-electron chi connectivity index (χ1n) is 12.7. The molecule has 0 spiro atoms. The second kappa shape index (κ2) is 13.3. The summed E-state index contributed by atoms with van der Waals surface area (Å²) in [5.74, 6) is -11.8. The molecule has 1 aliphatic heterocycles. The molecule has 0 amide bonds. The van der Waals surface area contributed by atoms with Gasteiger partial charge in [0.05, 0.1) is 64.1 Å². The predicted octanol–water partition coefficient (Wildman–Crippen LogP) is 4.85. The Morgan fingerprint density at radius 1 is 0.500 bits per heavy atom.